The quantitative estimate of drug-likeness (QED) is 0.875. The van der Waals surface area contributed by atoms with Crippen LogP contribution in [0.15, 0.2) is 44.7 Å². The molecule has 0 aliphatic rings. The van der Waals surface area contributed by atoms with E-state index in [0.29, 0.717) is 18.2 Å². The maximum Gasteiger partial charge on any atom is 0.157 e. The van der Waals surface area contributed by atoms with Gasteiger partial charge >= 0.3 is 0 Å². The lowest BCUT2D eigenvalue weighted by molar-refractivity contribution is 0.177. The lowest BCUT2D eigenvalue weighted by atomic mass is 10.4. The van der Waals surface area contributed by atoms with Crippen LogP contribution < -0.4 is 5.73 Å². The predicted molar refractivity (Wildman–Crippen MR) is 75.4 cm³/mol. The largest absolute Gasteiger partial charge is 0.384 e. The van der Waals surface area contributed by atoms with E-state index in [4.69, 9.17) is 10.5 Å². The molecule has 1 heterocycles. The molecule has 0 fully saturated rings. The molecule has 0 aliphatic carbocycles. The first kappa shape index (κ1) is 13.3. The van der Waals surface area contributed by atoms with E-state index in [2.05, 4.69) is 25.9 Å². The van der Waals surface area contributed by atoms with Gasteiger partial charge in [-0.25, -0.2) is 9.97 Å². The van der Waals surface area contributed by atoms with Gasteiger partial charge in [0.2, 0.25) is 0 Å². The SMILES string of the molecule is COCc1nc(N)cc(Sc2cccc(Br)c2)n1. The third-order valence-corrected chi connectivity index (χ3v) is 3.46. The highest BCUT2D eigenvalue weighted by atomic mass is 79.9. The fourth-order valence-electron chi connectivity index (χ4n) is 1.39. The minimum absolute atomic E-state index is 0.358. The van der Waals surface area contributed by atoms with E-state index < -0.39 is 0 Å². The molecule has 2 aromatic rings. The Bertz CT molecular complexity index is 551. The van der Waals surface area contributed by atoms with Gasteiger partial charge in [0.25, 0.3) is 0 Å². The van der Waals surface area contributed by atoms with Gasteiger partial charge in [-0.2, -0.15) is 0 Å². The maximum atomic E-state index is 5.74. The van der Waals surface area contributed by atoms with Crippen LogP contribution in [0.25, 0.3) is 0 Å². The van der Waals surface area contributed by atoms with E-state index in [9.17, 15) is 0 Å². The van der Waals surface area contributed by atoms with Crippen LogP contribution in [0.3, 0.4) is 0 Å². The Morgan fingerprint density at radius 2 is 2.17 bits per heavy atom. The summed E-state index contributed by atoms with van der Waals surface area (Å²) in [6, 6.07) is 9.76. The summed E-state index contributed by atoms with van der Waals surface area (Å²) in [5.41, 5.74) is 5.74. The molecule has 18 heavy (non-hydrogen) atoms. The van der Waals surface area contributed by atoms with Crippen molar-refractivity contribution in [3.8, 4) is 0 Å². The van der Waals surface area contributed by atoms with Crippen molar-refractivity contribution in [1.82, 2.24) is 9.97 Å². The highest BCUT2D eigenvalue weighted by molar-refractivity contribution is 9.10. The number of anilines is 1. The van der Waals surface area contributed by atoms with Crippen LogP contribution in [0.2, 0.25) is 0 Å². The van der Waals surface area contributed by atoms with Crippen LogP contribution in [0, 0.1) is 0 Å². The summed E-state index contributed by atoms with van der Waals surface area (Å²) in [5, 5.41) is 0.813. The van der Waals surface area contributed by atoms with Crippen LogP contribution >= 0.6 is 27.7 Å². The van der Waals surface area contributed by atoms with Crippen molar-refractivity contribution >= 4 is 33.5 Å². The summed E-state index contributed by atoms with van der Waals surface area (Å²) >= 11 is 4.98. The lowest BCUT2D eigenvalue weighted by Gasteiger charge is -2.05. The number of nitrogens with zero attached hydrogens (tertiary/aromatic N) is 2. The van der Waals surface area contributed by atoms with Crippen LogP contribution in [0.1, 0.15) is 5.82 Å². The minimum atomic E-state index is 0.358. The highest BCUT2D eigenvalue weighted by Gasteiger charge is 2.05. The minimum Gasteiger partial charge on any atom is -0.384 e. The number of halogens is 1. The Hall–Kier alpha value is -1.11. The van der Waals surface area contributed by atoms with Gasteiger partial charge in [-0.15, -0.1) is 0 Å². The molecule has 0 saturated heterocycles. The first-order valence-corrected chi connectivity index (χ1v) is 6.84. The van der Waals surface area contributed by atoms with Crippen LogP contribution in [0.5, 0.6) is 0 Å². The van der Waals surface area contributed by atoms with Crippen molar-refractivity contribution in [1.29, 1.82) is 0 Å². The zero-order valence-corrected chi connectivity index (χ0v) is 12.2. The number of ether oxygens (including phenoxy) is 1. The van der Waals surface area contributed by atoms with E-state index >= 15 is 0 Å². The Labute approximate surface area is 118 Å². The molecule has 94 valence electrons. The molecule has 2 N–H and O–H groups in total. The average Bonchev–Trinajstić information content (AvgIpc) is 2.28. The number of rotatable bonds is 4. The second kappa shape index (κ2) is 6.17. The average molecular weight is 326 g/mol. The van der Waals surface area contributed by atoms with Crippen molar-refractivity contribution in [3.05, 3.63) is 40.6 Å². The van der Waals surface area contributed by atoms with E-state index in [1.807, 2.05) is 24.3 Å². The maximum absolute atomic E-state index is 5.74. The fourth-order valence-corrected chi connectivity index (χ4v) is 2.84. The number of hydrogen-bond acceptors (Lipinski definition) is 5. The van der Waals surface area contributed by atoms with Gasteiger partial charge in [0.15, 0.2) is 5.82 Å². The van der Waals surface area contributed by atoms with Crippen LogP contribution in [-0.2, 0) is 11.3 Å². The molecular formula is C12H12BrN3OS. The van der Waals surface area contributed by atoms with Gasteiger partial charge in [0.1, 0.15) is 17.5 Å². The smallest absolute Gasteiger partial charge is 0.157 e. The Kier molecular flexibility index (Phi) is 4.57. The van der Waals surface area contributed by atoms with Gasteiger partial charge in [-0.1, -0.05) is 33.8 Å². The Morgan fingerprint density at radius 1 is 1.33 bits per heavy atom. The van der Waals surface area contributed by atoms with E-state index in [0.717, 1.165) is 14.4 Å². The molecule has 0 atom stereocenters. The first-order valence-electron chi connectivity index (χ1n) is 5.23. The van der Waals surface area contributed by atoms with Gasteiger partial charge in [0, 0.05) is 22.5 Å². The van der Waals surface area contributed by atoms with E-state index in [1.54, 1.807) is 13.2 Å². The molecule has 0 aliphatic heterocycles. The van der Waals surface area contributed by atoms with Crippen molar-refractivity contribution < 1.29 is 4.74 Å². The summed E-state index contributed by atoms with van der Waals surface area (Å²) in [6.07, 6.45) is 0. The standard InChI is InChI=1S/C12H12BrN3OS/c1-17-7-11-15-10(14)6-12(16-11)18-9-4-2-3-8(13)5-9/h2-6H,7H2,1H3,(H2,14,15,16). The molecule has 0 unspecified atom stereocenters. The Morgan fingerprint density at radius 3 is 2.89 bits per heavy atom. The van der Waals surface area contributed by atoms with Gasteiger partial charge in [-0.05, 0) is 18.2 Å². The molecule has 0 spiro atoms. The van der Waals surface area contributed by atoms with Crippen LogP contribution in [-0.4, -0.2) is 17.1 Å². The summed E-state index contributed by atoms with van der Waals surface area (Å²) in [5.74, 6) is 1.05. The second-order valence-electron chi connectivity index (χ2n) is 3.54. The Balaban J connectivity index is 2.23. The summed E-state index contributed by atoms with van der Waals surface area (Å²) < 4.78 is 6.04. The number of hydrogen-bond donors (Lipinski definition) is 1. The monoisotopic (exact) mass is 325 g/mol. The number of benzene rings is 1. The summed E-state index contributed by atoms with van der Waals surface area (Å²) in [4.78, 5) is 9.57. The first-order chi connectivity index (χ1) is 8.67. The summed E-state index contributed by atoms with van der Waals surface area (Å²) in [7, 11) is 1.60. The van der Waals surface area contributed by atoms with Crippen molar-refractivity contribution in [2.75, 3.05) is 12.8 Å². The molecule has 6 heteroatoms. The highest BCUT2D eigenvalue weighted by Crippen LogP contribution is 2.28. The van der Waals surface area contributed by atoms with Crippen LogP contribution in [0.4, 0.5) is 5.82 Å². The number of aromatic nitrogens is 2. The molecule has 0 saturated carbocycles. The van der Waals surface area contributed by atoms with Crippen molar-refractivity contribution in [2.45, 2.75) is 16.5 Å². The van der Waals surface area contributed by atoms with Gasteiger partial charge in [-0.3, -0.25) is 0 Å². The third-order valence-electron chi connectivity index (χ3n) is 2.06. The molecule has 0 bridgehead atoms. The zero-order valence-electron chi connectivity index (χ0n) is 9.76. The normalized spacial score (nSPS) is 10.6. The lowest BCUT2D eigenvalue weighted by Crippen LogP contribution is -2.01. The number of nitrogen functional groups attached to an aromatic ring is 1. The molecule has 4 nitrogen and oxygen atoms in total. The zero-order chi connectivity index (χ0) is 13.0. The van der Waals surface area contributed by atoms with Gasteiger partial charge < -0.3 is 10.5 Å². The van der Waals surface area contributed by atoms with Crippen molar-refractivity contribution in [2.24, 2.45) is 0 Å². The number of nitrogens with two attached hydrogens (primary N) is 1. The fraction of sp³-hybridized carbons (Fsp3) is 0.167. The molecular weight excluding hydrogens is 314 g/mol. The topological polar surface area (TPSA) is 61.0 Å². The van der Waals surface area contributed by atoms with E-state index in [-0.39, 0.29) is 0 Å². The van der Waals surface area contributed by atoms with Gasteiger partial charge in [0.05, 0.1) is 0 Å². The molecule has 0 radical (unpaired) electrons. The molecule has 1 aromatic heterocycles. The molecule has 2 rings (SSSR count). The summed E-state index contributed by atoms with van der Waals surface area (Å²) in [6.45, 7) is 0.358. The third kappa shape index (κ3) is 3.69. The molecule has 1 aromatic carbocycles. The number of methoxy groups -OCH3 is 1. The second-order valence-corrected chi connectivity index (χ2v) is 5.55. The predicted octanol–water partition coefficient (Wildman–Crippen LogP) is 3.12. The van der Waals surface area contributed by atoms with E-state index in [1.165, 1.54) is 11.8 Å². The molecule has 0 amide bonds. The van der Waals surface area contributed by atoms with Crippen molar-refractivity contribution in [3.63, 3.8) is 0 Å².